The molecule has 0 aliphatic rings. The van der Waals surface area contributed by atoms with E-state index < -0.39 is 0 Å². The second-order valence-electron chi connectivity index (χ2n) is 8.55. The van der Waals surface area contributed by atoms with Gasteiger partial charge in [-0.05, 0) is 38.0 Å². The number of aromatic amines is 1. The standard InChI is InChI=1S/C25H32N6O/c1-5-6-9-17(3)30-21-12-11-19(15-22(21)31(26)25(30)32)23-20(28-24(27-4)29-23)14-18-10-7-8-16(2)13-18/h7-8,10-13,15,17H,5-6,9,14,26H2,1-4H3,(H2,27,28,29). The van der Waals surface area contributed by atoms with Gasteiger partial charge in [0.25, 0.3) is 0 Å². The van der Waals surface area contributed by atoms with Crippen molar-refractivity contribution in [2.45, 2.75) is 52.5 Å². The molecular formula is C25H32N6O. The van der Waals surface area contributed by atoms with Crippen molar-refractivity contribution in [1.82, 2.24) is 19.2 Å². The lowest BCUT2D eigenvalue weighted by Gasteiger charge is -2.13. The number of aromatic nitrogens is 4. The first-order chi connectivity index (χ1) is 15.4. The van der Waals surface area contributed by atoms with Crippen molar-refractivity contribution in [3.63, 3.8) is 0 Å². The summed E-state index contributed by atoms with van der Waals surface area (Å²) in [6.07, 6.45) is 3.85. The molecule has 0 spiro atoms. The summed E-state index contributed by atoms with van der Waals surface area (Å²) < 4.78 is 3.07. The molecule has 0 aliphatic heterocycles. The molecule has 168 valence electrons. The van der Waals surface area contributed by atoms with Crippen molar-refractivity contribution >= 4 is 17.0 Å². The Morgan fingerprint density at radius 2 is 2.00 bits per heavy atom. The van der Waals surface area contributed by atoms with Crippen LogP contribution < -0.4 is 16.8 Å². The van der Waals surface area contributed by atoms with Gasteiger partial charge >= 0.3 is 5.69 Å². The van der Waals surface area contributed by atoms with Gasteiger partial charge in [0, 0.05) is 30.8 Å². The highest BCUT2D eigenvalue weighted by Crippen LogP contribution is 2.29. The van der Waals surface area contributed by atoms with Crippen LogP contribution in [0.5, 0.6) is 0 Å². The molecule has 32 heavy (non-hydrogen) atoms. The zero-order valence-corrected chi connectivity index (χ0v) is 19.3. The predicted octanol–water partition coefficient (Wildman–Crippen LogP) is 4.60. The van der Waals surface area contributed by atoms with Gasteiger partial charge < -0.3 is 16.1 Å². The van der Waals surface area contributed by atoms with Crippen LogP contribution in [-0.2, 0) is 6.42 Å². The quantitative estimate of drug-likeness (QED) is 0.355. The first kappa shape index (κ1) is 21.7. The summed E-state index contributed by atoms with van der Waals surface area (Å²) in [5, 5.41) is 3.10. The molecule has 1 atom stereocenters. The molecule has 0 saturated heterocycles. The number of fused-ring (bicyclic) bond motifs is 1. The Labute approximate surface area is 188 Å². The van der Waals surface area contributed by atoms with Crippen molar-refractivity contribution in [3.8, 4) is 11.3 Å². The van der Waals surface area contributed by atoms with Gasteiger partial charge in [0.1, 0.15) is 0 Å². The molecule has 4 N–H and O–H groups in total. The summed E-state index contributed by atoms with van der Waals surface area (Å²) in [4.78, 5) is 21.0. The first-order valence-electron chi connectivity index (χ1n) is 11.3. The number of anilines is 1. The molecule has 2 aromatic heterocycles. The van der Waals surface area contributed by atoms with Crippen LogP contribution in [0.25, 0.3) is 22.3 Å². The third-order valence-electron chi connectivity index (χ3n) is 6.08. The van der Waals surface area contributed by atoms with E-state index in [-0.39, 0.29) is 11.7 Å². The molecule has 7 heteroatoms. The minimum atomic E-state index is -0.182. The highest BCUT2D eigenvalue weighted by molar-refractivity contribution is 5.83. The number of nitrogens with zero attached hydrogens (tertiary/aromatic N) is 3. The number of hydrogen-bond acceptors (Lipinski definition) is 4. The van der Waals surface area contributed by atoms with Crippen LogP contribution in [0.2, 0.25) is 0 Å². The molecule has 1 unspecified atom stereocenters. The van der Waals surface area contributed by atoms with Crippen molar-refractivity contribution in [1.29, 1.82) is 0 Å². The third-order valence-corrected chi connectivity index (χ3v) is 6.08. The predicted molar refractivity (Wildman–Crippen MR) is 132 cm³/mol. The second kappa shape index (κ2) is 8.94. The molecule has 0 amide bonds. The van der Waals surface area contributed by atoms with Gasteiger partial charge in [-0.15, -0.1) is 0 Å². The van der Waals surface area contributed by atoms with Crippen LogP contribution in [0.15, 0.2) is 47.3 Å². The number of imidazole rings is 2. The average molecular weight is 433 g/mol. The molecule has 0 fully saturated rings. The van der Waals surface area contributed by atoms with Crippen LogP contribution in [-0.4, -0.2) is 26.3 Å². The van der Waals surface area contributed by atoms with Crippen LogP contribution >= 0.6 is 0 Å². The maximum absolute atomic E-state index is 12.9. The van der Waals surface area contributed by atoms with Gasteiger partial charge in [-0.3, -0.25) is 4.57 Å². The Morgan fingerprint density at radius 3 is 2.72 bits per heavy atom. The number of rotatable bonds is 8. The minimum Gasteiger partial charge on any atom is -0.359 e. The number of H-pyrrole nitrogens is 1. The number of hydrogen-bond donors (Lipinski definition) is 3. The number of unbranched alkanes of at least 4 members (excludes halogenated alkanes) is 1. The van der Waals surface area contributed by atoms with Gasteiger partial charge in [-0.25, -0.2) is 14.5 Å². The lowest BCUT2D eigenvalue weighted by Crippen LogP contribution is -2.30. The van der Waals surface area contributed by atoms with Crippen molar-refractivity contribution in [3.05, 3.63) is 69.8 Å². The average Bonchev–Trinajstić information content (AvgIpc) is 3.30. The van der Waals surface area contributed by atoms with E-state index in [9.17, 15) is 4.79 Å². The summed E-state index contributed by atoms with van der Waals surface area (Å²) in [5.74, 6) is 6.91. The topological polar surface area (TPSA) is 93.7 Å². The third kappa shape index (κ3) is 4.02. The van der Waals surface area contributed by atoms with Gasteiger partial charge in [0.2, 0.25) is 5.95 Å². The zero-order chi connectivity index (χ0) is 22.8. The smallest absolute Gasteiger partial charge is 0.347 e. The molecular weight excluding hydrogens is 400 g/mol. The summed E-state index contributed by atoms with van der Waals surface area (Å²) in [6, 6.07) is 14.5. The Morgan fingerprint density at radius 1 is 1.19 bits per heavy atom. The summed E-state index contributed by atoms with van der Waals surface area (Å²) >= 11 is 0. The fourth-order valence-corrected chi connectivity index (χ4v) is 4.36. The summed E-state index contributed by atoms with van der Waals surface area (Å²) in [5.41, 5.74) is 6.63. The number of nitrogen functional groups attached to an aromatic ring is 1. The van der Waals surface area contributed by atoms with Gasteiger partial charge in [-0.2, -0.15) is 0 Å². The Hall–Kier alpha value is -3.48. The zero-order valence-electron chi connectivity index (χ0n) is 19.3. The van der Waals surface area contributed by atoms with E-state index in [4.69, 9.17) is 10.8 Å². The van der Waals surface area contributed by atoms with Crippen LogP contribution in [0.1, 0.15) is 56.0 Å². The largest absolute Gasteiger partial charge is 0.359 e. The van der Waals surface area contributed by atoms with E-state index in [1.54, 1.807) is 0 Å². The number of benzene rings is 2. The molecule has 2 aromatic carbocycles. The fraction of sp³-hybridized carbons (Fsp3) is 0.360. The lowest BCUT2D eigenvalue weighted by atomic mass is 10.0. The minimum absolute atomic E-state index is 0.0961. The van der Waals surface area contributed by atoms with Gasteiger partial charge in [0.15, 0.2) is 0 Å². The molecule has 0 radical (unpaired) electrons. The first-order valence-corrected chi connectivity index (χ1v) is 11.3. The molecule has 4 aromatic rings. The number of aryl methyl sites for hydroxylation is 1. The Balaban J connectivity index is 1.78. The van der Waals surface area contributed by atoms with Crippen molar-refractivity contribution < 1.29 is 0 Å². The van der Waals surface area contributed by atoms with E-state index in [2.05, 4.69) is 55.3 Å². The molecule has 7 nitrogen and oxygen atoms in total. The lowest BCUT2D eigenvalue weighted by molar-refractivity contribution is 0.480. The van der Waals surface area contributed by atoms with Crippen molar-refractivity contribution in [2.75, 3.05) is 18.2 Å². The molecule has 0 bridgehead atoms. The van der Waals surface area contributed by atoms with E-state index in [0.717, 1.165) is 48.2 Å². The van der Waals surface area contributed by atoms with E-state index >= 15 is 0 Å². The van der Waals surface area contributed by atoms with Gasteiger partial charge in [-0.1, -0.05) is 55.7 Å². The molecule has 0 aliphatic carbocycles. The Kier molecular flexibility index (Phi) is 6.08. The van der Waals surface area contributed by atoms with E-state index in [0.29, 0.717) is 11.5 Å². The summed E-state index contributed by atoms with van der Waals surface area (Å²) in [6.45, 7) is 6.33. The van der Waals surface area contributed by atoms with Crippen LogP contribution in [0.3, 0.4) is 0 Å². The van der Waals surface area contributed by atoms with Crippen LogP contribution in [0, 0.1) is 6.92 Å². The van der Waals surface area contributed by atoms with Crippen molar-refractivity contribution in [2.24, 2.45) is 0 Å². The molecule has 2 heterocycles. The fourth-order valence-electron chi connectivity index (χ4n) is 4.36. The SMILES string of the molecule is CCCCC(C)n1c(=O)n(N)c2cc(-c3nc(NC)[nH]c3Cc3cccc(C)c3)ccc21. The highest BCUT2D eigenvalue weighted by atomic mass is 16.2. The van der Waals surface area contributed by atoms with Crippen LogP contribution in [0.4, 0.5) is 5.95 Å². The highest BCUT2D eigenvalue weighted by Gasteiger charge is 2.19. The maximum atomic E-state index is 12.9. The Bertz CT molecular complexity index is 1300. The maximum Gasteiger partial charge on any atom is 0.347 e. The van der Waals surface area contributed by atoms with E-state index in [1.807, 2.05) is 29.8 Å². The van der Waals surface area contributed by atoms with Gasteiger partial charge in [0.05, 0.1) is 16.7 Å². The monoisotopic (exact) mass is 432 g/mol. The number of nitrogens with two attached hydrogens (primary N) is 1. The van der Waals surface area contributed by atoms with E-state index in [1.165, 1.54) is 15.8 Å². The normalized spacial score (nSPS) is 12.4. The number of nitrogens with one attached hydrogen (secondary N) is 2. The summed E-state index contributed by atoms with van der Waals surface area (Å²) in [7, 11) is 1.84. The molecule has 0 saturated carbocycles. The molecule has 4 rings (SSSR count). The second-order valence-corrected chi connectivity index (χ2v) is 8.55.